The molecule has 18 heavy (non-hydrogen) atoms. The highest BCUT2D eigenvalue weighted by Gasteiger charge is 2.16. The van der Waals surface area contributed by atoms with Crippen molar-refractivity contribution in [1.82, 2.24) is 19.8 Å². The van der Waals surface area contributed by atoms with Gasteiger partial charge in [-0.1, -0.05) is 6.42 Å². The highest BCUT2D eigenvalue weighted by atomic mass is 15.2. The lowest BCUT2D eigenvalue weighted by molar-refractivity contribution is 0.159. The average molecular weight is 250 g/mol. The number of likely N-dealkylation sites (tertiary alicyclic amines) is 1. The molecule has 0 spiro atoms. The Morgan fingerprint density at radius 2 is 2.33 bits per heavy atom. The van der Waals surface area contributed by atoms with E-state index in [1.165, 1.54) is 44.5 Å². The SMILES string of the molecule is CC1CCCCN1CCCNCc1cncn1C. The smallest absolute Gasteiger partial charge is 0.0945 e. The van der Waals surface area contributed by atoms with Crippen LogP contribution in [0.15, 0.2) is 12.5 Å². The normalized spacial score (nSPS) is 21.3. The van der Waals surface area contributed by atoms with Crippen LogP contribution in [0.3, 0.4) is 0 Å². The number of nitrogens with one attached hydrogen (secondary N) is 1. The van der Waals surface area contributed by atoms with Crippen molar-refractivity contribution in [3.05, 3.63) is 18.2 Å². The summed E-state index contributed by atoms with van der Waals surface area (Å²) >= 11 is 0. The molecule has 0 aromatic carbocycles. The molecule has 102 valence electrons. The van der Waals surface area contributed by atoms with Crippen LogP contribution >= 0.6 is 0 Å². The second kappa shape index (κ2) is 6.90. The van der Waals surface area contributed by atoms with Crippen molar-refractivity contribution in [2.45, 2.75) is 45.2 Å². The maximum absolute atomic E-state index is 4.12. The number of rotatable bonds is 6. The maximum atomic E-state index is 4.12. The molecule has 1 N–H and O–H groups in total. The van der Waals surface area contributed by atoms with Gasteiger partial charge in [0, 0.05) is 25.8 Å². The Bertz CT molecular complexity index is 347. The fourth-order valence-electron chi connectivity index (χ4n) is 2.67. The second-order valence-corrected chi connectivity index (χ2v) is 5.41. The third kappa shape index (κ3) is 3.82. The molecule has 4 nitrogen and oxygen atoms in total. The first-order valence-corrected chi connectivity index (χ1v) is 7.17. The quantitative estimate of drug-likeness (QED) is 0.781. The van der Waals surface area contributed by atoms with E-state index in [2.05, 4.69) is 26.7 Å². The highest BCUT2D eigenvalue weighted by Crippen LogP contribution is 2.15. The highest BCUT2D eigenvalue weighted by molar-refractivity contribution is 4.96. The molecule has 0 aliphatic carbocycles. The largest absolute Gasteiger partial charge is 0.337 e. The zero-order valence-electron chi connectivity index (χ0n) is 11.7. The van der Waals surface area contributed by atoms with Gasteiger partial charge in [-0.05, 0) is 45.8 Å². The number of imidazole rings is 1. The standard InChI is InChI=1S/C14H26N4/c1-13-6-3-4-8-18(13)9-5-7-15-10-14-11-16-12-17(14)2/h11-13,15H,3-10H2,1-2H3. The van der Waals surface area contributed by atoms with E-state index in [0.717, 1.165) is 19.1 Å². The van der Waals surface area contributed by atoms with Crippen LogP contribution < -0.4 is 5.32 Å². The van der Waals surface area contributed by atoms with Gasteiger partial charge in [0.15, 0.2) is 0 Å². The molecule has 1 atom stereocenters. The Balaban J connectivity index is 1.57. The molecule has 1 aliphatic heterocycles. The van der Waals surface area contributed by atoms with Gasteiger partial charge in [0.2, 0.25) is 0 Å². The van der Waals surface area contributed by atoms with Gasteiger partial charge in [-0.2, -0.15) is 0 Å². The van der Waals surface area contributed by atoms with Crippen molar-refractivity contribution in [2.75, 3.05) is 19.6 Å². The summed E-state index contributed by atoms with van der Waals surface area (Å²) in [5.74, 6) is 0. The number of hydrogen-bond acceptors (Lipinski definition) is 3. The first-order valence-electron chi connectivity index (χ1n) is 7.17. The monoisotopic (exact) mass is 250 g/mol. The Kier molecular flexibility index (Phi) is 5.20. The molecule has 4 heteroatoms. The van der Waals surface area contributed by atoms with Crippen LogP contribution in [-0.4, -0.2) is 40.1 Å². The van der Waals surface area contributed by atoms with Gasteiger partial charge in [0.1, 0.15) is 0 Å². The predicted molar refractivity (Wildman–Crippen MR) is 74.4 cm³/mol. The van der Waals surface area contributed by atoms with E-state index >= 15 is 0 Å². The average Bonchev–Trinajstić information content (AvgIpc) is 2.77. The molecule has 2 rings (SSSR count). The maximum Gasteiger partial charge on any atom is 0.0945 e. The summed E-state index contributed by atoms with van der Waals surface area (Å²) in [5, 5.41) is 3.50. The zero-order valence-corrected chi connectivity index (χ0v) is 11.7. The molecule has 1 aromatic heterocycles. The fourth-order valence-corrected chi connectivity index (χ4v) is 2.67. The summed E-state index contributed by atoms with van der Waals surface area (Å²) in [6, 6.07) is 0.788. The van der Waals surface area contributed by atoms with E-state index in [0.29, 0.717) is 0 Å². The first kappa shape index (κ1) is 13.6. The summed E-state index contributed by atoms with van der Waals surface area (Å²) in [6.45, 7) is 6.91. The van der Waals surface area contributed by atoms with Gasteiger partial charge in [0.05, 0.1) is 12.0 Å². The number of nitrogens with zero attached hydrogens (tertiary/aromatic N) is 3. The van der Waals surface area contributed by atoms with Crippen LogP contribution in [0.5, 0.6) is 0 Å². The van der Waals surface area contributed by atoms with E-state index in [1.54, 1.807) is 0 Å². The molecule has 2 heterocycles. The molecular weight excluding hydrogens is 224 g/mol. The molecule has 1 fully saturated rings. The van der Waals surface area contributed by atoms with Crippen molar-refractivity contribution in [1.29, 1.82) is 0 Å². The molecule has 1 aromatic rings. The van der Waals surface area contributed by atoms with E-state index in [9.17, 15) is 0 Å². The fraction of sp³-hybridized carbons (Fsp3) is 0.786. The van der Waals surface area contributed by atoms with Crippen molar-refractivity contribution < 1.29 is 0 Å². The van der Waals surface area contributed by atoms with Crippen LogP contribution in [0.4, 0.5) is 0 Å². The van der Waals surface area contributed by atoms with E-state index < -0.39 is 0 Å². The van der Waals surface area contributed by atoms with Gasteiger partial charge >= 0.3 is 0 Å². The zero-order chi connectivity index (χ0) is 12.8. The minimum atomic E-state index is 0.788. The molecule has 1 unspecified atom stereocenters. The van der Waals surface area contributed by atoms with Crippen molar-refractivity contribution in [3.63, 3.8) is 0 Å². The lowest BCUT2D eigenvalue weighted by atomic mass is 10.0. The minimum Gasteiger partial charge on any atom is -0.337 e. The topological polar surface area (TPSA) is 33.1 Å². The van der Waals surface area contributed by atoms with Crippen molar-refractivity contribution in [3.8, 4) is 0 Å². The molecule has 1 saturated heterocycles. The number of hydrogen-bond donors (Lipinski definition) is 1. The van der Waals surface area contributed by atoms with Crippen LogP contribution in [-0.2, 0) is 13.6 Å². The summed E-state index contributed by atoms with van der Waals surface area (Å²) < 4.78 is 2.07. The third-order valence-electron chi connectivity index (χ3n) is 3.96. The molecule has 1 aliphatic rings. The summed E-state index contributed by atoms with van der Waals surface area (Å²) in [6.07, 6.45) is 9.19. The van der Waals surface area contributed by atoms with Crippen LogP contribution in [0.2, 0.25) is 0 Å². The Hall–Kier alpha value is -0.870. The number of aromatic nitrogens is 2. The number of piperidine rings is 1. The molecule has 0 bridgehead atoms. The van der Waals surface area contributed by atoms with Crippen molar-refractivity contribution >= 4 is 0 Å². The third-order valence-corrected chi connectivity index (χ3v) is 3.96. The Morgan fingerprint density at radius 3 is 3.06 bits per heavy atom. The Morgan fingerprint density at radius 1 is 1.44 bits per heavy atom. The predicted octanol–water partition coefficient (Wildman–Crippen LogP) is 1.77. The summed E-state index contributed by atoms with van der Waals surface area (Å²) in [4.78, 5) is 6.75. The van der Waals surface area contributed by atoms with E-state index in [-0.39, 0.29) is 0 Å². The van der Waals surface area contributed by atoms with Gasteiger partial charge < -0.3 is 14.8 Å². The van der Waals surface area contributed by atoms with Crippen LogP contribution in [0, 0.1) is 0 Å². The van der Waals surface area contributed by atoms with Gasteiger partial charge in [-0.3, -0.25) is 0 Å². The lowest BCUT2D eigenvalue weighted by Gasteiger charge is -2.33. The molecule has 0 radical (unpaired) electrons. The van der Waals surface area contributed by atoms with Crippen LogP contribution in [0.25, 0.3) is 0 Å². The van der Waals surface area contributed by atoms with E-state index in [4.69, 9.17) is 0 Å². The molecule has 0 saturated carbocycles. The van der Waals surface area contributed by atoms with Gasteiger partial charge in [0.25, 0.3) is 0 Å². The Labute approximate surface area is 110 Å². The second-order valence-electron chi connectivity index (χ2n) is 5.41. The molecule has 0 amide bonds. The van der Waals surface area contributed by atoms with Gasteiger partial charge in [-0.25, -0.2) is 4.98 Å². The van der Waals surface area contributed by atoms with Gasteiger partial charge in [-0.15, -0.1) is 0 Å². The minimum absolute atomic E-state index is 0.788. The van der Waals surface area contributed by atoms with E-state index in [1.807, 2.05) is 19.6 Å². The first-order chi connectivity index (χ1) is 8.77. The van der Waals surface area contributed by atoms with Crippen molar-refractivity contribution in [2.24, 2.45) is 7.05 Å². The number of aryl methyl sites for hydroxylation is 1. The summed E-state index contributed by atoms with van der Waals surface area (Å²) in [7, 11) is 2.04. The lowest BCUT2D eigenvalue weighted by Crippen LogP contribution is -2.38. The summed E-state index contributed by atoms with van der Waals surface area (Å²) in [5.41, 5.74) is 1.25. The van der Waals surface area contributed by atoms with Crippen LogP contribution in [0.1, 0.15) is 38.3 Å². The molecular formula is C14H26N4.